The van der Waals surface area contributed by atoms with E-state index >= 15 is 0 Å². The third kappa shape index (κ3) is 3.34. The molecule has 0 bridgehead atoms. The molecule has 1 aliphatic heterocycles. The molecule has 116 valence electrons. The fraction of sp³-hybridized carbons (Fsp3) is 0.357. The number of aromatic nitrogens is 1. The molecule has 0 unspecified atom stereocenters. The van der Waals surface area contributed by atoms with E-state index in [0.717, 1.165) is 10.6 Å². The number of ether oxygens (including phenoxy) is 1. The summed E-state index contributed by atoms with van der Waals surface area (Å²) in [6, 6.07) is 3.25. The second kappa shape index (κ2) is 6.55. The number of carbonyl (C=O) groups is 2. The zero-order valence-corrected chi connectivity index (χ0v) is 13.6. The summed E-state index contributed by atoms with van der Waals surface area (Å²) in [5, 5.41) is 7.11. The largest absolute Gasteiger partial charge is 0.369 e. The third-order valence-electron chi connectivity index (χ3n) is 3.26. The first-order valence-corrected chi connectivity index (χ1v) is 8.52. The van der Waals surface area contributed by atoms with Crippen LogP contribution in [0.3, 0.4) is 0 Å². The van der Waals surface area contributed by atoms with E-state index in [-0.39, 0.29) is 25.0 Å². The second-order valence-electron chi connectivity index (χ2n) is 4.92. The Hall–Kier alpha value is -1.77. The molecule has 2 aromatic heterocycles. The van der Waals surface area contributed by atoms with Gasteiger partial charge in [0.1, 0.15) is 12.6 Å². The second-order valence-corrected chi connectivity index (χ2v) is 6.81. The van der Waals surface area contributed by atoms with E-state index in [9.17, 15) is 9.59 Å². The van der Waals surface area contributed by atoms with Crippen molar-refractivity contribution in [3.8, 4) is 0 Å². The molecule has 1 atom stereocenters. The lowest BCUT2D eigenvalue weighted by molar-refractivity contribution is -0.153. The molecule has 0 aliphatic carbocycles. The van der Waals surface area contributed by atoms with Gasteiger partial charge in [0.15, 0.2) is 5.13 Å². The standard InChI is InChI=1S/C14H15N3O3S2/c1-9-8-22-14(15-9)16-13(19)11-6-20-7-12(18)17(11)5-10-3-2-4-21-10/h2-4,8,11H,5-7H2,1H3,(H,15,16,19)/t11-/m0/s1. The van der Waals surface area contributed by atoms with Gasteiger partial charge in [-0.05, 0) is 18.4 Å². The molecule has 0 radical (unpaired) electrons. The van der Waals surface area contributed by atoms with Crippen LogP contribution in [0.4, 0.5) is 5.13 Å². The van der Waals surface area contributed by atoms with Crippen molar-refractivity contribution >= 4 is 39.6 Å². The maximum atomic E-state index is 12.4. The molecule has 0 saturated carbocycles. The van der Waals surface area contributed by atoms with Crippen LogP contribution in [0, 0.1) is 6.92 Å². The van der Waals surface area contributed by atoms with Gasteiger partial charge in [-0.3, -0.25) is 9.59 Å². The number of anilines is 1. The summed E-state index contributed by atoms with van der Waals surface area (Å²) in [5.74, 6) is -0.436. The van der Waals surface area contributed by atoms with E-state index < -0.39 is 6.04 Å². The topological polar surface area (TPSA) is 71.5 Å². The van der Waals surface area contributed by atoms with Crippen LogP contribution in [0.1, 0.15) is 10.6 Å². The Balaban J connectivity index is 1.73. The summed E-state index contributed by atoms with van der Waals surface area (Å²) >= 11 is 2.93. The van der Waals surface area contributed by atoms with Crippen molar-refractivity contribution < 1.29 is 14.3 Å². The summed E-state index contributed by atoms with van der Waals surface area (Å²) in [5.41, 5.74) is 0.853. The number of nitrogens with one attached hydrogen (secondary N) is 1. The first kappa shape index (κ1) is 15.1. The maximum Gasteiger partial charge on any atom is 0.251 e. The van der Waals surface area contributed by atoms with Crippen molar-refractivity contribution in [2.45, 2.75) is 19.5 Å². The van der Waals surface area contributed by atoms with Gasteiger partial charge < -0.3 is 15.0 Å². The van der Waals surface area contributed by atoms with Crippen molar-refractivity contribution in [2.24, 2.45) is 0 Å². The van der Waals surface area contributed by atoms with Gasteiger partial charge in [0.05, 0.1) is 18.8 Å². The van der Waals surface area contributed by atoms with Crippen molar-refractivity contribution in [2.75, 3.05) is 18.5 Å². The van der Waals surface area contributed by atoms with Gasteiger partial charge >= 0.3 is 0 Å². The first-order valence-electron chi connectivity index (χ1n) is 6.76. The first-order chi connectivity index (χ1) is 10.6. The molecule has 1 aliphatic rings. The van der Waals surface area contributed by atoms with E-state index in [4.69, 9.17) is 4.74 Å². The van der Waals surface area contributed by atoms with Gasteiger partial charge in [-0.25, -0.2) is 4.98 Å². The number of hydrogen-bond acceptors (Lipinski definition) is 6. The number of carbonyl (C=O) groups excluding carboxylic acids is 2. The molecule has 2 aromatic rings. The molecular weight excluding hydrogens is 322 g/mol. The van der Waals surface area contributed by atoms with E-state index in [1.54, 1.807) is 16.2 Å². The Morgan fingerprint density at radius 3 is 3.09 bits per heavy atom. The molecule has 22 heavy (non-hydrogen) atoms. The molecule has 0 aromatic carbocycles. The van der Waals surface area contributed by atoms with E-state index in [0.29, 0.717) is 11.7 Å². The molecular formula is C14H15N3O3S2. The van der Waals surface area contributed by atoms with Crippen molar-refractivity contribution in [3.05, 3.63) is 33.5 Å². The van der Waals surface area contributed by atoms with Gasteiger partial charge in [0.2, 0.25) is 5.91 Å². The molecule has 2 amide bonds. The van der Waals surface area contributed by atoms with Crippen LogP contribution < -0.4 is 5.32 Å². The quantitative estimate of drug-likeness (QED) is 0.925. The SMILES string of the molecule is Cc1csc(NC(=O)[C@@H]2COCC(=O)N2Cc2cccs2)n1. The average molecular weight is 337 g/mol. The van der Waals surface area contributed by atoms with Crippen LogP contribution in [0.25, 0.3) is 0 Å². The van der Waals surface area contributed by atoms with Crippen LogP contribution in [0.5, 0.6) is 0 Å². The predicted octanol–water partition coefficient (Wildman–Crippen LogP) is 1.88. The van der Waals surface area contributed by atoms with E-state index in [1.165, 1.54) is 11.3 Å². The van der Waals surface area contributed by atoms with Crippen LogP contribution in [0.15, 0.2) is 22.9 Å². The highest BCUT2D eigenvalue weighted by Gasteiger charge is 2.34. The number of aryl methyl sites for hydroxylation is 1. The zero-order valence-electron chi connectivity index (χ0n) is 11.9. The average Bonchev–Trinajstić information content (AvgIpc) is 3.13. The highest BCUT2D eigenvalue weighted by Crippen LogP contribution is 2.20. The lowest BCUT2D eigenvalue weighted by atomic mass is 10.2. The van der Waals surface area contributed by atoms with Gasteiger partial charge in [-0.1, -0.05) is 6.07 Å². The van der Waals surface area contributed by atoms with Crippen molar-refractivity contribution in [3.63, 3.8) is 0 Å². The number of thiophene rings is 1. The zero-order chi connectivity index (χ0) is 15.5. The summed E-state index contributed by atoms with van der Waals surface area (Å²) in [6.45, 7) is 2.51. The summed E-state index contributed by atoms with van der Waals surface area (Å²) < 4.78 is 5.24. The van der Waals surface area contributed by atoms with E-state index in [2.05, 4.69) is 10.3 Å². The van der Waals surface area contributed by atoms with Gasteiger partial charge in [-0.15, -0.1) is 22.7 Å². The van der Waals surface area contributed by atoms with Crippen molar-refractivity contribution in [1.29, 1.82) is 0 Å². The lowest BCUT2D eigenvalue weighted by Crippen LogP contribution is -2.54. The Morgan fingerprint density at radius 1 is 1.55 bits per heavy atom. The summed E-state index contributed by atoms with van der Waals surface area (Å²) in [4.78, 5) is 31.4. The molecule has 1 N–H and O–H groups in total. The highest BCUT2D eigenvalue weighted by atomic mass is 32.1. The Labute approximate surface area is 135 Å². The van der Waals surface area contributed by atoms with Crippen LogP contribution >= 0.6 is 22.7 Å². The Morgan fingerprint density at radius 2 is 2.41 bits per heavy atom. The molecule has 1 fully saturated rings. The van der Waals surface area contributed by atoms with Gasteiger partial charge in [0, 0.05) is 10.3 Å². The normalized spacial score (nSPS) is 18.5. The number of hydrogen-bond donors (Lipinski definition) is 1. The van der Waals surface area contributed by atoms with Gasteiger partial charge in [0.25, 0.3) is 5.91 Å². The predicted molar refractivity (Wildman–Crippen MR) is 85.0 cm³/mol. The lowest BCUT2D eigenvalue weighted by Gasteiger charge is -2.33. The minimum atomic E-state index is -0.632. The third-order valence-corrected chi connectivity index (χ3v) is 4.99. The summed E-state index contributed by atoms with van der Waals surface area (Å²) in [6.07, 6.45) is 0. The summed E-state index contributed by atoms with van der Waals surface area (Å²) in [7, 11) is 0. The monoisotopic (exact) mass is 337 g/mol. The number of nitrogens with zero attached hydrogens (tertiary/aromatic N) is 2. The fourth-order valence-corrected chi connectivity index (χ4v) is 3.58. The fourth-order valence-electron chi connectivity index (χ4n) is 2.19. The van der Waals surface area contributed by atoms with E-state index in [1.807, 2.05) is 29.8 Å². The number of thiazole rings is 1. The van der Waals surface area contributed by atoms with Crippen LogP contribution in [-0.2, 0) is 20.9 Å². The Bertz CT molecular complexity index is 669. The minimum Gasteiger partial charge on any atom is -0.369 e. The molecule has 3 heterocycles. The van der Waals surface area contributed by atoms with Gasteiger partial charge in [-0.2, -0.15) is 0 Å². The van der Waals surface area contributed by atoms with Crippen molar-refractivity contribution in [1.82, 2.24) is 9.88 Å². The maximum absolute atomic E-state index is 12.4. The molecule has 6 nitrogen and oxygen atoms in total. The minimum absolute atomic E-state index is 0.0194. The molecule has 3 rings (SSSR count). The smallest absolute Gasteiger partial charge is 0.251 e. The Kier molecular flexibility index (Phi) is 4.51. The number of morpholine rings is 1. The van der Waals surface area contributed by atoms with Crippen LogP contribution in [-0.4, -0.2) is 41.0 Å². The molecule has 1 saturated heterocycles. The number of amides is 2. The highest BCUT2D eigenvalue weighted by molar-refractivity contribution is 7.13. The molecule has 0 spiro atoms. The van der Waals surface area contributed by atoms with Crippen LogP contribution in [0.2, 0.25) is 0 Å². The molecule has 8 heteroatoms. The number of rotatable bonds is 4.